The SMILES string of the molecule is O=C(O)C1CNCCN1C(=O)CCCc1cccs1. The van der Waals surface area contributed by atoms with E-state index in [-0.39, 0.29) is 5.91 Å². The van der Waals surface area contributed by atoms with Crippen LogP contribution in [0.4, 0.5) is 0 Å². The molecule has 0 saturated carbocycles. The molecule has 2 N–H and O–H groups in total. The molecule has 1 aromatic heterocycles. The number of aryl methyl sites for hydroxylation is 1. The molecule has 0 radical (unpaired) electrons. The second-order valence-corrected chi connectivity index (χ2v) is 5.61. The van der Waals surface area contributed by atoms with Crippen LogP contribution >= 0.6 is 11.3 Å². The van der Waals surface area contributed by atoms with Crippen LogP contribution in [0.25, 0.3) is 0 Å². The molecule has 0 spiro atoms. The first-order valence-electron chi connectivity index (χ1n) is 6.44. The summed E-state index contributed by atoms with van der Waals surface area (Å²) in [5, 5.41) is 14.1. The van der Waals surface area contributed by atoms with Gasteiger partial charge in [-0.25, -0.2) is 4.79 Å². The minimum absolute atomic E-state index is 0.0505. The predicted molar refractivity (Wildman–Crippen MR) is 73.3 cm³/mol. The molecule has 1 atom stereocenters. The van der Waals surface area contributed by atoms with E-state index >= 15 is 0 Å². The highest BCUT2D eigenvalue weighted by atomic mass is 32.1. The summed E-state index contributed by atoms with van der Waals surface area (Å²) in [6, 6.07) is 3.33. The molecule has 1 fully saturated rings. The number of aliphatic carboxylic acids is 1. The Labute approximate surface area is 116 Å². The lowest BCUT2D eigenvalue weighted by molar-refractivity contribution is -0.151. The zero-order chi connectivity index (χ0) is 13.7. The highest BCUT2D eigenvalue weighted by Crippen LogP contribution is 2.14. The number of carbonyl (C=O) groups is 2. The molecule has 1 aliphatic rings. The number of hydrogen-bond donors (Lipinski definition) is 2. The minimum Gasteiger partial charge on any atom is -0.480 e. The number of carbonyl (C=O) groups excluding carboxylic acids is 1. The molecular weight excluding hydrogens is 264 g/mol. The monoisotopic (exact) mass is 282 g/mol. The Kier molecular flexibility index (Phi) is 4.93. The van der Waals surface area contributed by atoms with Gasteiger partial charge in [0.1, 0.15) is 6.04 Å². The number of rotatable bonds is 5. The number of nitrogens with zero attached hydrogens (tertiary/aromatic N) is 1. The summed E-state index contributed by atoms with van der Waals surface area (Å²) in [6.45, 7) is 1.49. The van der Waals surface area contributed by atoms with Crippen LogP contribution in [0.2, 0.25) is 0 Å². The molecule has 5 nitrogen and oxygen atoms in total. The van der Waals surface area contributed by atoms with Crippen molar-refractivity contribution in [1.29, 1.82) is 0 Å². The summed E-state index contributed by atoms with van der Waals surface area (Å²) >= 11 is 1.69. The van der Waals surface area contributed by atoms with Crippen LogP contribution in [-0.2, 0) is 16.0 Å². The van der Waals surface area contributed by atoms with Gasteiger partial charge in [0.2, 0.25) is 5.91 Å². The van der Waals surface area contributed by atoms with Gasteiger partial charge in [0.25, 0.3) is 0 Å². The van der Waals surface area contributed by atoms with E-state index in [9.17, 15) is 9.59 Å². The van der Waals surface area contributed by atoms with Crippen LogP contribution in [0.3, 0.4) is 0 Å². The Morgan fingerprint density at radius 1 is 1.53 bits per heavy atom. The average Bonchev–Trinajstić information content (AvgIpc) is 2.91. The van der Waals surface area contributed by atoms with Crippen molar-refractivity contribution in [3.8, 4) is 0 Å². The van der Waals surface area contributed by atoms with Crippen molar-refractivity contribution in [2.24, 2.45) is 0 Å². The highest BCUT2D eigenvalue weighted by molar-refractivity contribution is 7.09. The first-order valence-corrected chi connectivity index (χ1v) is 7.32. The molecule has 6 heteroatoms. The number of carboxylic acid groups (broad SMARTS) is 1. The van der Waals surface area contributed by atoms with Crippen LogP contribution in [0, 0.1) is 0 Å². The van der Waals surface area contributed by atoms with Crippen molar-refractivity contribution in [1.82, 2.24) is 10.2 Å². The molecule has 1 amide bonds. The Morgan fingerprint density at radius 3 is 3.05 bits per heavy atom. The normalized spacial score (nSPS) is 19.4. The maximum atomic E-state index is 12.1. The number of nitrogens with one attached hydrogen (secondary N) is 1. The third-order valence-corrected chi connectivity index (χ3v) is 4.18. The first-order chi connectivity index (χ1) is 9.18. The molecular formula is C13H18N2O3S. The van der Waals surface area contributed by atoms with Gasteiger partial charge in [-0.3, -0.25) is 4.79 Å². The van der Waals surface area contributed by atoms with Gasteiger partial charge in [0.05, 0.1) is 0 Å². The molecule has 19 heavy (non-hydrogen) atoms. The van der Waals surface area contributed by atoms with Crippen LogP contribution in [-0.4, -0.2) is 47.6 Å². The second-order valence-electron chi connectivity index (χ2n) is 4.58. The lowest BCUT2D eigenvalue weighted by Gasteiger charge is -2.33. The van der Waals surface area contributed by atoms with Crippen molar-refractivity contribution in [2.45, 2.75) is 25.3 Å². The van der Waals surface area contributed by atoms with Crippen molar-refractivity contribution in [3.05, 3.63) is 22.4 Å². The van der Waals surface area contributed by atoms with Crippen molar-refractivity contribution < 1.29 is 14.7 Å². The van der Waals surface area contributed by atoms with E-state index in [2.05, 4.69) is 11.4 Å². The van der Waals surface area contributed by atoms with Gasteiger partial charge in [-0.2, -0.15) is 0 Å². The number of piperazine rings is 1. The Hall–Kier alpha value is -1.40. The van der Waals surface area contributed by atoms with E-state index < -0.39 is 12.0 Å². The third kappa shape index (κ3) is 3.78. The molecule has 2 heterocycles. The van der Waals surface area contributed by atoms with Gasteiger partial charge in [-0.1, -0.05) is 6.07 Å². The molecule has 2 rings (SSSR count). The number of amides is 1. The predicted octanol–water partition coefficient (Wildman–Crippen LogP) is 0.956. The van der Waals surface area contributed by atoms with Crippen molar-refractivity contribution in [3.63, 3.8) is 0 Å². The van der Waals surface area contributed by atoms with Gasteiger partial charge >= 0.3 is 5.97 Å². The summed E-state index contributed by atoms with van der Waals surface area (Å²) < 4.78 is 0. The quantitative estimate of drug-likeness (QED) is 0.844. The largest absolute Gasteiger partial charge is 0.480 e. The molecule has 1 aliphatic heterocycles. The fourth-order valence-electron chi connectivity index (χ4n) is 2.24. The molecule has 1 unspecified atom stereocenters. The van der Waals surface area contributed by atoms with Crippen LogP contribution in [0.15, 0.2) is 17.5 Å². The molecule has 0 aromatic carbocycles. The van der Waals surface area contributed by atoms with E-state index in [1.165, 1.54) is 9.78 Å². The van der Waals surface area contributed by atoms with E-state index in [1.54, 1.807) is 11.3 Å². The lowest BCUT2D eigenvalue weighted by Crippen LogP contribution is -2.56. The van der Waals surface area contributed by atoms with Gasteiger partial charge < -0.3 is 15.3 Å². The van der Waals surface area contributed by atoms with E-state index in [0.29, 0.717) is 26.1 Å². The molecule has 104 valence electrons. The van der Waals surface area contributed by atoms with Gasteiger partial charge in [-0.05, 0) is 24.3 Å². The molecule has 1 saturated heterocycles. The zero-order valence-electron chi connectivity index (χ0n) is 10.7. The summed E-state index contributed by atoms with van der Waals surface area (Å²) in [7, 11) is 0. The Balaban J connectivity index is 1.82. The summed E-state index contributed by atoms with van der Waals surface area (Å²) in [4.78, 5) is 25.9. The highest BCUT2D eigenvalue weighted by Gasteiger charge is 2.31. The number of thiophene rings is 1. The maximum absolute atomic E-state index is 12.1. The Morgan fingerprint density at radius 2 is 2.37 bits per heavy atom. The summed E-state index contributed by atoms with van der Waals surface area (Å²) in [6.07, 6.45) is 2.07. The van der Waals surface area contributed by atoms with E-state index in [4.69, 9.17) is 5.11 Å². The first kappa shape index (κ1) is 14.0. The van der Waals surface area contributed by atoms with Gasteiger partial charge in [0.15, 0.2) is 0 Å². The lowest BCUT2D eigenvalue weighted by atomic mass is 10.1. The third-order valence-electron chi connectivity index (χ3n) is 3.24. The van der Waals surface area contributed by atoms with Crippen LogP contribution in [0.1, 0.15) is 17.7 Å². The molecule has 0 aliphatic carbocycles. The van der Waals surface area contributed by atoms with Gasteiger partial charge in [-0.15, -0.1) is 11.3 Å². The zero-order valence-corrected chi connectivity index (χ0v) is 11.5. The Bertz CT molecular complexity index is 433. The fraction of sp³-hybridized carbons (Fsp3) is 0.538. The van der Waals surface area contributed by atoms with Crippen molar-refractivity contribution in [2.75, 3.05) is 19.6 Å². The van der Waals surface area contributed by atoms with E-state index in [1.807, 2.05) is 11.4 Å². The van der Waals surface area contributed by atoms with Crippen LogP contribution < -0.4 is 5.32 Å². The number of hydrogen-bond acceptors (Lipinski definition) is 4. The second kappa shape index (κ2) is 6.68. The summed E-state index contributed by atoms with van der Waals surface area (Å²) in [5.74, 6) is -0.982. The summed E-state index contributed by atoms with van der Waals surface area (Å²) in [5.41, 5.74) is 0. The average molecular weight is 282 g/mol. The molecule has 0 bridgehead atoms. The number of carboxylic acids is 1. The standard InChI is InChI=1S/C13H18N2O3S/c16-12(5-1-3-10-4-2-8-19-10)15-7-6-14-9-11(15)13(17)18/h2,4,8,11,14H,1,3,5-7,9H2,(H,17,18). The smallest absolute Gasteiger partial charge is 0.327 e. The van der Waals surface area contributed by atoms with Gasteiger partial charge in [0, 0.05) is 30.9 Å². The maximum Gasteiger partial charge on any atom is 0.327 e. The topological polar surface area (TPSA) is 69.6 Å². The minimum atomic E-state index is -0.932. The van der Waals surface area contributed by atoms with Crippen molar-refractivity contribution >= 4 is 23.2 Å². The van der Waals surface area contributed by atoms with E-state index in [0.717, 1.165) is 12.8 Å². The fourth-order valence-corrected chi connectivity index (χ4v) is 2.99. The molecule has 1 aromatic rings. The van der Waals surface area contributed by atoms with Crippen LogP contribution in [0.5, 0.6) is 0 Å².